The quantitative estimate of drug-likeness (QED) is 0.708. The van der Waals surface area contributed by atoms with Crippen molar-refractivity contribution in [2.45, 2.75) is 13.8 Å². The fraction of sp³-hybridized carbons (Fsp3) is 0.364. The first-order valence-corrected chi connectivity index (χ1v) is 4.85. The summed E-state index contributed by atoms with van der Waals surface area (Å²) in [5.74, 6) is -0.374. The third-order valence-corrected chi connectivity index (χ3v) is 2.21. The average Bonchev–Trinajstić information content (AvgIpc) is 2.22. The first kappa shape index (κ1) is 14.7. The van der Waals surface area contributed by atoms with E-state index in [1.165, 1.54) is 0 Å². The lowest BCUT2D eigenvalue weighted by molar-refractivity contribution is -0.119. The van der Waals surface area contributed by atoms with E-state index in [2.05, 4.69) is 5.32 Å². The van der Waals surface area contributed by atoms with Gasteiger partial charge in [-0.1, -0.05) is 13.0 Å². The van der Waals surface area contributed by atoms with E-state index in [0.717, 1.165) is 5.56 Å². The van der Waals surface area contributed by atoms with Crippen LogP contribution in [0.4, 0.5) is 5.69 Å². The van der Waals surface area contributed by atoms with Gasteiger partial charge in [-0.25, -0.2) is 0 Å². The normalized spacial score (nSPS) is 11.4. The van der Waals surface area contributed by atoms with Crippen molar-refractivity contribution in [3.63, 3.8) is 0 Å². The number of nitrogens with two attached hydrogens (primary N) is 1. The van der Waals surface area contributed by atoms with Crippen molar-refractivity contribution < 1.29 is 9.90 Å². The summed E-state index contributed by atoms with van der Waals surface area (Å²) in [7, 11) is 0. The molecule has 1 rings (SSSR count). The number of benzene rings is 1. The van der Waals surface area contributed by atoms with Crippen LogP contribution in [0.2, 0.25) is 0 Å². The molecule has 1 atom stereocenters. The number of rotatable bonds is 3. The van der Waals surface area contributed by atoms with Gasteiger partial charge >= 0.3 is 0 Å². The molecule has 0 bridgehead atoms. The van der Waals surface area contributed by atoms with Crippen molar-refractivity contribution in [1.29, 1.82) is 0 Å². The van der Waals surface area contributed by atoms with E-state index in [0.29, 0.717) is 12.2 Å². The van der Waals surface area contributed by atoms with Crippen molar-refractivity contribution in [3.8, 4) is 5.75 Å². The molecule has 0 heterocycles. The monoisotopic (exact) mass is 244 g/mol. The molecule has 0 aromatic heterocycles. The maximum absolute atomic E-state index is 11.5. The van der Waals surface area contributed by atoms with Crippen molar-refractivity contribution in [3.05, 3.63) is 23.8 Å². The highest BCUT2D eigenvalue weighted by molar-refractivity contribution is 5.93. The van der Waals surface area contributed by atoms with Crippen molar-refractivity contribution >= 4 is 24.0 Å². The molecule has 4 N–H and O–H groups in total. The number of anilines is 1. The Balaban J connectivity index is 0.00000225. The lowest BCUT2D eigenvalue weighted by Crippen LogP contribution is -2.26. The summed E-state index contributed by atoms with van der Waals surface area (Å²) in [6.07, 6.45) is 0. The summed E-state index contributed by atoms with van der Waals surface area (Å²) in [6, 6.07) is 5.05. The van der Waals surface area contributed by atoms with Gasteiger partial charge in [0.25, 0.3) is 0 Å². The highest BCUT2D eigenvalue weighted by Gasteiger charge is 2.12. The molecule has 0 radical (unpaired) electrons. The SMILES string of the molecule is Cc1ccc(O)c(NC(=O)C(C)CN)c1.Cl. The Hall–Kier alpha value is -1.26. The Morgan fingerprint density at radius 2 is 2.19 bits per heavy atom. The number of amides is 1. The van der Waals surface area contributed by atoms with E-state index in [4.69, 9.17) is 5.73 Å². The molecular weight excluding hydrogens is 228 g/mol. The zero-order valence-corrected chi connectivity index (χ0v) is 10.2. The van der Waals surface area contributed by atoms with Crippen LogP contribution in [-0.2, 0) is 4.79 Å². The van der Waals surface area contributed by atoms with Gasteiger partial charge in [-0.2, -0.15) is 0 Å². The zero-order valence-electron chi connectivity index (χ0n) is 9.36. The lowest BCUT2D eigenvalue weighted by atomic mass is 10.1. The van der Waals surface area contributed by atoms with E-state index in [1.54, 1.807) is 25.1 Å². The molecule has 0 aliphatic rings. The molecular formula is C11H17ClN2O2. The van der Waals surface area contributed by atoms with E-state index in [1.807, 2.05) is 6.92 Å². The van der Waals surface area contributed by atoms with Gasteiger partial charge in [0.15, 0.2) is 0 Å². The maximum atomic E-state index is 11.5. The third-order valence-electron chi connectivity index (χ3n) is 2.21. The van der Waals surface area contributed by atoms with Gasteiger partial charge in [0.2, 0.25) is 5.91 Å². The number of halogens is 1. The lowest BCUT2D eigenvalue weighted by Gasteiger charge is -2.11. The van der Waals surface area contributed by atoms with Gasteiger partial charge in [0.1, 0.15) is 5.75 Å². The van der Waals surface area contributed by atoms with Gasteiger partial charge in [-0.05, 0) is 24.6 Å². The van der Waals surface area contributed by atoms with E-state index < -0.39 is 0 Å². The molecule has 0 aliphatic carbocycles. The van der Waals surface area contributed by atoms with Gasteiger partial charge in [-0.15, -0.1) is 12.4 Å². The van der Waals surface area contributed by atoms with Crippen LogP contribution in [-0.4, -0.2) is 17.6 Å². The molecule has 1 unspecified atom stereocenters. The van der Waals surface area contributed by atoms with Crippen LogP contribution < -0.4 is 11.1 Å². The Morgan fingerprint density at radius 1 is 1.56 bits per heavy atom. The minimum atomic E-state index is -0.259. The van der Waals surface area contributed by atoms with Crippen molar-refractivity contribution in [1.82, 2.24) is 0 Å². The number of phenols is 1. The molecule has 90 valence electrons. The summed E-state index contributed by atoms with van der Waals surface area (Å²) >= 11 is 0. The maximum Gasteiger partial charge on any atom is 0.228 e. The van der Waals surface area contributed by atoms with Crippen LogP contribution in [0.1, 0.15) is 12.5 Å². The molecule has 4 nitrogen and oxygen atoms in total. The second-order valence-corrected chi connectivity index (χ2v) is 3.65. The largest absolute Gasteiger partial charge is 0.506 e. The fourth-order valence-corrected chi connectivity index (χ4v) is 1.11. The number of aromatic hydroxyl groups is 1. The van der Waals surface area contributed by atoms with Crippen LogP contribution in [0.15, 0.2) is 18.2 Å². The molecule has 0 aliphatic heterocycles. The second kappa shape index (κ2) is 6.35. The Bertz CT molecular complexity index is 369. The number of hydrogen-bond acceptors (Lipinski definition) is 3. The minimum Gasteiger partial charge on any atom is -0.506 e. The van der Waals surface area contributed by atoms with Crippen LogP contribution in [0.5, 0.6) is 5.75 Å². The van der Waals surface area contributed by atoms with E-state index in [-0.39, 0.29) is 30.0 Å². The predicted molar refractivity (Wildman–Crippen MR) is 66.9 cm³/mol. The molecule has 0 fully saturated rings. The smallest absolute Gasteiger partial charge is 0.228 e. The summed E-state index contributed by atoms with van der Waals surface area (Å²) in [6.45, 7) is 3.92. The molecule has 0 saturated carbocycles. The van der Waals surface area contributed by atoms with Gasteiger partial charge in [-0.3, -0.25) is 4.79 Å². The number of phenolic OH excluding ortho intramolecular Hbond substituents is 1. The first-order chi connectivity index (χ1) is 7.04. The minimum absolute atomic E-state index is 0. The number of hydrogen-bond donors (Lipinski definition) is 3. The highest BCUT2D eigenvalue weighted by Crippen LogP contribution is 2.24. The Morgan fingerprint density at radius 3 is 2.75 bits per heavy atom. The zero-order chi connectivity index (χ0) is 11.4. The van der Waals surface area contributed by atoms with Gasteiger partial charge < -0.3 is 16.2 Å². The first-order valence-electron chi connectivity index (χ1n) is 4.85. The molecule has 1 amide bonds. The van der Waals surface area contributed by atoms with Crippen LogP contribution in [0.3, 0.4) is 0 Å². The van der Waals surface area contributed by atoms with Crippen LogP contribution in [0.25, 0.3) is 0 Å². The van der Waals surface area contributed by atoms with Crippen molar-refractivity contribution in [2.75, 3.05) is 11.9 Å². The predicted octanol–water partition coefficient (Wildman–Crippen LogP) is 1.66. The molecule has 1 aromatic carbocycles. The molecule has 5 heteroatoms. The third kappa shape index (κ3) is 3.72. The molecule has 1 aromatic rings. The summed E-state index contributed by atoms with van der Waals surface area (Å²) in [5.41, 5.74) is 6.78. The summed E-state index contributed by atoms with van der Waals surface area (Å²) in [5, 5.41) is 12.1. The number of aryl methyl sites for hydroxylation is 1. The molecule has 0 spiro atoms. The van der Waals surface area contributed by atoms with Gasteiger partial charge in [0, 0.05) is 12.5 Å². The summed E-state index contributed by atoms with van der Waals surface area (Å²) < 4.78 is 0. The number of nitrogens with one attached hydrogen (secondary N) is 1. The highest BCUT2D eigenvalue weighted by atomic mass is 35.5. The fourth-order valence-electron chi connectivity index (χ4n) is 1.11. The topological polar surface area (TPSA) is 75.3 Å². The Labute approximate surface area is 101 Å². The van der Waals surface area contributed by atoms with Crippen molar-refractivity contribution in [2.24, 2.45) is 11.7 Å². The average molecular weight is 245 g/mol. The van der Waals surface area contributed by atoms with Gasteiger partial charge in [0.05, 0.1) is 5.69 Å². The van der Waals surface area contributed by atoms with E-state index in [9.17, 15) is 9.90 Å². The van der Waals surface area contributed by atoms with E-state index >= 15 is 0 Å². The second-order valence-electron chi connectivity index (χ2n) is 3.65. The number of carbonyl (C=O) groups is 1. The molecule has 16 heavy (non-hydrogen) atoms. The standard InChI is InChI=1S/C11H16N2O2.ClH/c1-7-3-4-10(14)9(5-7)13-11(15)8(2)6-12;/h3-5,8,14H,6,12H2,1-2H3,(H,13,15);1H. The molecule has 0 saturated heterocycles. The number of carbonyl (C=O) groups excluding carboxylic acids is 1. The Kier molecular flexibility index (Phi) is 5.85. The van der Waals surface area contributed by atoms with Crippen LogP contribution >= 0.6 is 12.4 Å². The summed E-state index contributed by atoms with van der Waals surface area (Å²) in [4.78, 5) is 11.5. The van der Waals surface area contributed by atoms with Crippen LogP contribution in [0, 0.1) is 12.8 Å².